The molecule has 5 rings (SSSR count). The van der Waals surface area contributed by atoms with Crippen LogP contribution in [0.2, 0.25) is 0 Å². The Labute approximate surface area is 213 Å². The standard InChI is InChI=1S/C24H34N8.2ClH/c25-17-10-12-19(13-11-17)29-24-30-22(27-15-14-26-18-6-2-1-3-7-18)21-23(31-24)32(16-28-21)20-8-4-5-9-20;;/h1-3,6-7,16-17,19-20,26H,4-5,8-15,25H2,(H2,27,29,30,31);2*1H/t17-,19-;;. The monoisotopic (exact) mass is 506 g/mol. The molecule has 2 fully saturated rings. The van der Waals surface area contributed by atoms with Gasteiger partial charge in [0.25, 0.3) is 0 Å². The van der Waals surface area contributed by atoms with Gasteiger partial charge in [-0.2, -0.15) is 9.97 Å². The molecule has 0 aliphatic heterocycles. The maximum Gasteiger partial charge on any atom is 0.227 e. The summed E-state index contributed by atoms with van der Waals surface area (Å²) in [6.07, 6.45) is 11.1. The minimum absolute atomic E-state index is 0. The van der Waals surface area contributed by atoms with Crippen LogP contribution in [0.4, 0.5) is 17.5 Å². The van der Waals surface area contributed by atoms with Gasteiger partial charge in [0, 0.05) is 36.9 Å². The number of hydrogen-bond donors (Lipinski definition) is 4. The summed E-state index contributed by atoms with van der Waals surface area (Å²) in [5.74, 6) is 1.49. The highest BCUT2D eigenvalue weighted by atomic mass is 35.5. The summed E-state index contributed by atoms with van der Waals surface area (Å²) in [5.41, 5.74) is 8.99. The van der Waals surface area contributed by atoms with E-state index in [0.29, 0.717) is 24.1 Å². The summed E-state index contributed by atoms with van der Waals surface area (Å²) in [5, 5.41) is 10.5. The number of halogens is 2. The van der Waals surface area contributed by atoms with E-state index in [2.05, 4.69) is 32.7 Å². The number of anilines is 3. The average molecular weight is 508 g/mol. The number of nitrogens with zero attached hydrogens (tertiary/aromatic N) is 4. The molecule has 1 aromatic carbocycles. The molecule has 0 unspecified atom stereocenters. The van der Waals surface area contributed by atoms with Crippen LogP contribution in [0.5, 0.6) is 0 Å². The first-order chi connectivity index (χ1) is 15.8. The van der Waals surface area contributed by atoms with Crippen molar-refractivity contribution in [3.8, 4) is 0 Å². The van der Waals surface area contributed by atoms with Gasteiger partial charge in [-0.05, 0) is 50.7 Å². The van der Waals surface area contributed by atoms with Crippen molar-refractivity contribution in [2.75, 3.05) is 29.0 Å². The summed E-state index contributed by atoms with van der Waals surface area (Å²) in [4.78, 5) is 14.5. The van der Waals surface area contributed by atoms with Gasteiger partial charge in [-0.25, -0.2) is 4.98 Å². The first kappa shape index (κ1) is 26.3. The Morgan fingerprint density at radius 1 is 0.882 bits per heavy atom. The number of para-hydroxylation sites is 1. The molecule has 0 amide bonds. The first-order valence-corrected chi connectivity index (χ1v) is 12.1. The lowest BCUT2D eigenvalue weighted by atomic mass is 9.92. The van der Waals surface area contributed by atoms with Crippen LogP contribution < -0.4 is 21.7 Å². The fraction of sp³-hybridized carbons (Fsp3) is 0.542. The van der Waals surface area contributed by atoms with Gasteiger partial charge in [0.05, 0.1) is 6.33 Å². The van der Waals surface area contributed by atoms with Gasteiger partial charge in [0.2, 0.25) is 5.95 Å². The molecule has 5 N–H and O–H groups in total. The molecule has 3 aromatic rings. The predicted octanol–water partition coefficient (Wildman–Crippen LogP) is 4.99. The molecule has 0 spiro atoms. The van der Waals surface area contributed by atoms with Gasteiger partial charge in [0.1, 0.15) is 0 Å². The Bertz CT molecular complexity index is 1010. The lowest BCUT2D eigenvalue weighted by Crippen LogP contribution is -2.33. The van der Waals surface area contributed by atoms with Gasteiger partial charge < -0.3 is 26.3 Å². The van der Waals surface area contributed by atoms with Crippen LogP contribution in [0, 0.1) is 0 Å². The van der Waals surface area contributed by atoms with E-state index in [1.807, 2.05) is 24.5 Å². The van der Waals surface area contributed by atoms with Crippen molar-refractivity contribution in [1.29, 1.82) is 0 Å². The average Bonchev–Trinajstić information content (AvgIpc) is 3.49. The zero-order chi connectivity index (χ0) is 21.8. The molecular weight excluding hydrogens is 471 g/mol. The minimum Gasteiger partial charge on any atom is -0.383 e. The maximum atomic E-state index is 6.09. The molecule has 0 saturated heterocycles. The summed E-state index contributed by atoms with van der Waals surface area (Å²) in [7, 11) is 0. The van der Waals surface area contributed by atoms with E-state index in [9.17, 15) is 0 Å². The Balaban J connectivity index is 0.00000162. The van der Waals surface area contributed by atoms with E-state index < -0.39 is 0 Å². The number of nitrogens with one attached hydrogen (secondary N) is 3. The molecule has 8 nitrogen and oxygen atoms in total. The van der Waals surface area contributed by atoms with E-state index in [4.69, 9.17) is 20.7 Å². The van der Waals surface area contributed by atoms with Gasteiger partial charge in [0.15, 0.2) is 17.0 Å². The first-order valence-electron chi connectivity index (χ1n) is 12.1. The molecule has 2 saturated carbocycles. The van der Waals surface area contributed by atoms with Crippen LogP contribution >= 0.6 is 24.8 Å². The van der Waals surface area contributed by atoms with Crippen molar-refractivity contribution in [3.05, 3.63) is 36.7 Å². The molecule has 0 atom stereocenters. The lowest BCUT2D eigenvalue weighted by molar-refractivity contribution is 0.410. The fourth-order valence-electron chi connectivity index (χ4n) is 4.94. The number of fused-ring (bicyclic) bond motifs is 1. The molecule has 186 valence electrons. The van der Waals surface area contributed by atoms with Crippen molar-refractivity contribution in [3.63, 3.8) is 0 Å². The number of hydrogen-bond acceptors (Lipinski definition) is 7. The second-order valence-corrected chi connectivity index (χ2v) is 9.13. The SMILES string of the molecule is Cl.Cl.N[C@H]1CC[C@H](Nc2nc(NCCNc3ccccc3)c3ncn(C4CCCC4)c3n2)CC1. The Morgan fingerprint density at radius 2 is 1.59 bits per heavy atom. The number of nitrogens with two attached hydrogens (primary N) is 1. The van der Waals surface area contributed by atoms with E-state index in [-0.39, 0.29) is 24.8 Å². The fourth-order valence-corrected chi connectivity index (χ4v) is 4.94. The topological polar surface area (TPSA) is 106 Å². The zero-order valence-electron chi connectivity index (χ0n) is 19.4. The smallest absolute Gasteiger partial charge is 0.227 e. The number of benzene rings is 1. The molecule has 2 aliphatic rings. The Morgan fingerprint density at radius 3 is 2.32 bits per heavy atom. The van der Waals surface area contributed by atoms with E-state index in [1.165, 1.54) is 25.7 Å². The van der Waals surface area contributed by atoms with Crippen molar-refractivity contribution in [2.24, 2.45) is 5.73 Å². The molecule has 0 bridgehead atoms. The molecular formula is C24H36Cl2N8. The number of imidazole rings is 1. The van der Waals surface area contributed by atoms with E-state index in [0.717, 1.165) is 61.4 Å². The lowest BCUT2D eigenvalue weighted by Gasteiger charge is -2.27. The van der Waals surface area contributed by atoms with Crippen LogP contribution in [0.3, 0.4) is 0 Å². The third-order valence-electron chi connectivity index (χ3n) is 6.76. The third-order valence-corrected chi connectivity index (χ3v) is 6.76. The largest absolute Gasteiger partial charge is 0.383 e. The van der Waals surface area contributed by atoms with Gasteiger partial charge in [-0.1, -0.05) is 31.0 Å². The maximum absolute atomic E-state index is 6.09. The highest BCUT2D eigenvalue weighted by Gasteiger charge is 2.23. The number of aromatic nitrogens is 4. The Hall–Kier alpha value is -2.29. The molecule has 2 aromatic heterocycles. The van der Waals surface area contributed by atoms with Gasteiger partial charge in [-0.3, -0.25) is 0 Å². The second-order valence-electron chi connectivity index (χ2n) is 9.13. The quantitative estimate of drug-likeness (QED) is 0.318. The molecule has 10 heteroatoms. The van der Waals surface area contributed by atoms with Crippen LogP contribution in [-0.2, 0) is 0 Å². The summed E-state index contributed by atoms with van der Waals surface area (Å²) in [6, 6.07) is 11.4. The van der Waals surface area contributed by atoms with Crippen LogP contribution in [0.1, 0.15) is 57.4 Å². The third kappa shape index (κ3) is 6.23. The van der Waals surface area contributed by atoms with Gasteiger partial charge >= 0.3 is 0 Å². The zero-order valence-corrected chi connectivity index (χ0v) is 21.1. The van der Waals surface area contributed by atoms with Crippen molar-refractivity contribution in [2.45, 2.75) is 69.5 Å². The van der Waals surface area contributed by atoms with Crippen LogP contribution in [0.25, 0.3) is 11.2 Å². The summed E-state index contributed by atoms with van der Waals surface area (Å²) < 4.78 is 2.26. The molecule has 2 aliphatic carbocycles. The normalized spacial score (nSPS) is 20.4. The van der Waals surface area contributed by atoms with Crippen molar-refractivity contribution in [1.82, 2.24) is 19.5 Å². The summed E-state index contributed by atoms with van der Waals surface area (Å²) >= 11 is 0. The summed E-state index contributed by atoms with van der Waals surface area (Å²) in [6.45, 7) is 1.54. The highest BCUT2D eigenvalue weighted by molar-refractivity contribution is 5.86. The second kappa shape index (κ2) is 12.4. The van der Waals surface area contributed by atoms with Crippen molar-refractivity contribution < 1.29 is 0 Å². The molecule has 2 heterocycles. The number of rotatable bonds is 8. The van der Waals surface area contributed by atoms with Crippen LogP contribution in [-0.4, -0.2) is 44.7 Å². The Kier molecular flexibility index (Phi) is 9.62. The van der Waals surface area contributed by atoms with E-state index >= 15 is 0 Å². The van der Waals surface area contributed by atoms with Crippen LogP contribution in [0.15, 0.2) is 36.7 Å². The highest BCUT2D eigenvalue weighted by Crippen LogP contribution is 2.33. The molecule has 0 radical (unpaired) electrons. The minimum atomic E-state index is 0. The van der Waals surface area contributed by atoms with Gasteiger partial charge in [-0.15, -0.1) is 24.8 Å². The van der Waals surface area contributed by atoms with E-state index in [1.54, 1.807) is 0 Å². The molecule has 34 heavy (non-hydrogen) atoms. The van der Waals surface area contributed by atoms with Crippen molar-refractivity contribution >= 4 is 53.4 Å². The predicted molar refractivity (Wildman–Crippen MR) is 145 cm³/mol.